The average molecular weight is 1450 g/mol. The van der Waals surface area contributed by atoms with Crippen molar-refractivity contribution in [2.24, 2.45) is 17.8 Å². The maximum atomic E-state index is 13.1. The highest BCUT2D eigenvalue weighted by Gasteiger charge is 2.30. The first-order valence-electron chi connectivity index (χ1n) is 41.4. The first kappa shape index (κ1) is 97.1. The Bertz CT molecular complexity index is 1920. The average Bonchev–Trinajstić information content (AvgIpc) is 1.14. The quantitative estimate of drug-likeness (QED) is 0.0222. The normalized spacial score (nSPS) is 14.3. The van der Waals surface area contributed by atoms with Crippen LogP contribution in [0.5, 0.6) is 0 Å². The van der Waals surface area contributed by atoms with E-state index in [0.29, 0.717) is 25.7 Å². The van der Waals surface area contributed by atoms with E-state index in [1.807, 2.05) is 0 Å². The molecular formula is C80H156O17P2. The van der Waals surface area contributed by atoms with Gasteiger partial charge in [-0.15, -0.1) is 0 Å². The molecule has 0 aromatic carbocycles. The number of aliphatic hydroxyl groups is 1. The molecular weight excluding hydrogens is 1290 g/mol. The molecule has 0 heterocycles. The second kappa shape index (κ2) is 70.4. The van der Waals surface area contributed by atoms with Crippen molar-refractivity contribution in [3.8, 4) is 0 Å². The summed E-state index contributed by atoms with van der Waals surface area (Å²) in [6.07, 6.45) is 58.1. The highest BCUT2D eigenvalue weighted by molar-refractivity contribution is 7.47. The van der Waals surface area contributed by atoms with Crippen LogP contribution in [0, 0.1) is 17.8 Å². The highest BCUT2D eigenvalue weighted by atomic mass is 31.2. The van der Waals surface area contributed by atoms with Gasteiger partial charge in [-0.3, -0.25) is 37.3 Å². The smallest absolute Gasteiger partial charge is 0.462 e. The molecule has 0 rings (SSSR count). The number of carbonyl (C=O) groups is 4. The van der Waals surface area contributed by atoms with Crippen LogP contribution in [0.25, 0.3) is 0 Å². The van der Waals surface area contributed by atoms with Crippen LogP contribution in [-0.4, -0.2) is 96.7 Å². The molecule has 0 aliphatic rings. The molecule has 99 heavy (non-hydrogen) atoms. The van der Waals surface area contributed by atoms with Gasteiger partial charge in [-0.1, -0.05) is 363 Å². The zero-order valence-electron chi connectivity index (χ0n) is 65.0. The monoisotopic (exact) mass is 1450 g/mol. The molecule has 0 fully saturated rings. The minimum atomic E-state index is -4.96. The van der Waals surface area contributed by atoms with E-state index in [9.17, 15) is 43.2 Å². The number of rotatable bonds is 78. The predicted octanol–water partition coefficient (Wildman–Crippen LogP) is 23.7. The number of esters is 4. The predicted molar refractivity (Wildman–Crippen MR) is 405 cm³/mol. The Morgan fingerprint density at radius 2 is 0.515 bits per heavy atom. The van der Waals surface area contributed by atoms with Gasteiger partial charge in [-0.05, 0) is 43.4 Å². The third-order valence-corrected chi connectivity index (χ3v) is 20.9. The van der Waals surface area contributed by atoms with Gasteiger partial charge in [0.2, 0.25) is 0 Å². The van der Waals surface area contributed by atoms with Gasteiger partial charge >= 0.3 is 39.5 Å². The highest BCUT2D eigenvalue weighted by Crippen LogP contribution is 2.45. The molecule has 19 heteroatoms. The van der Waals surface area contributed by atoms with Crippen LogP contribution in [-0.2, 0) is 65.4 Å². The maximum Gasteiger partial charge on any atom is 0.472 e. The third-order valence-electron chi connectivity index (χ3n) is 19.0. The summed E-state index contributed by atoms with van der Waals surface area (Å²) >= 11 is 0. The molecule has 0 aliphatic heterocycles. The van der Waals surface area contributed by atoms with E-state index < -0.39 is 97.5 Å². The summed E-state index contributed by atoms with van der Waals surface area (Å²) in [6.45, 7) is 12.0. The Morgan fingerprint density at radius 3 is 0.768 bits per heavy atom. The molecule has 3 unspecified atom stereocenters. The van der Waals surface area contributed by atoms with Crippen molar-refractivity contribution in [2.45, 2.75) is 433 Å². The standard InChI is InChI=1S/C80H156O17P2/c1-8-10-11-12-13-14-23-33-40-47-54-61-77(82)90-67-76(97-80(85)64-57-50-43-36-29-28-32-39-46-53-60-73(7)9-2)70-95-99(88,89)93-66-74(81)65-92-98(86,87)94-69-75(68-91-78(83)62-55-48-41-34-26-22-21-25-31-38-45-52-59-72(5)6)96-79(84)63-56-49-42-35-27-20-18-16-15-17-19-24-30-37-44-51-58-71(3)4/h71-76,81H,8-70H2,1-7H3,(H,86,87)(H,88,89)/t73?,74-,75-,76-/m1/s1. The summed E-state index contributed by atoms with van der Waals surface area (Å²) in [6, 6.07) is 0. The van der Waals surface area contributed by atoms with Crippen LogP contribution in [0.15, 0.2) is 0 Å². The van der Waals surface area contributed by atoms with Crippen LogP contribution in [0.3, 0.4) is 0 Å². The molecule has 0 saturated carbocycles. The van der Waals surface area contributed by atoms with Crippen LogP contribution < -0.4 is 0 Å². The van der Waals surface area contributed by atoms with Gasteiger partial charge in [-0.25, -0.2) is 9.13 Å². The molecule has 0 aliphatic carbocycles. The van der Waals surface area contributed by atoms with Crippen LogP contribution >= 0.6 is 15.6 Å². The molecule has 0 spiro atoms. The second-order valence-electron chi connectivity index (χ2n) is 30.0. The summed E-state index contributed by atoms with van der Waals surface area (Å²) in [7, 11) is -9.92. The molecule has 0 bridgehead atoms. The maximum absolute atomic E-state index is 13.1. The van der Waals surface area contributed by atoms with E-state index in [0.717, 1.165) is 108 Å². The fourth-order valence-electron chi connectivity index (χ4n) is 12.3. The van der Waals surface area contributed by atoms with Gasteiger partial charge in [0, 0.05) is 25.7 Å². The van der Waals surface area contributed by atoms with Crippen molar-refractivity contribution in [3.63, 3.8) is 0 Å². The molecule has 6 atom stereocenters. The summed E-state index contributed by atoms with van der Waals surface area (Å²) in [5.74, 6) is 0.283. The van der Waals surface area contributed by atoms with E-state index in [4.69, 9.17) is 37.0 Å². The number of unbranched alkanes of at least 4 members (excludes halogenated alkanes) is 45. The third kappa shape index (κ3) is 72.8. The zero-order chi connectivity index (χ0) is 73.0. The largest absolute Gasteiger partial charge is 0.472 e. The Hall–Kier alpha value is -1.94. The summed E-state index contributed by atoms with van der Waals surface area (Å²) in [5, 5.41) is 10.6. The number of aliphatic hydroxyl groups excluding tert-OH is 1. The molecule has 588 valence electrons. The SMILES string of the molecule is CCCCCCCCCCCCCC(=O)OC[C@H](COP(=O)(O)OC[C@H](O)COP(=O)(O)OC[C@@H](COC(=O)CCCCCCCCCCCCCCC(C)C)OC(=O)CCCCCCCCCCCCCCCCCCC(C)C)OC(=O)CCCCCCCCCCCCC(C)CC. The summed E-state index contributed by atoms with van der Waals surface area (Å²) in [5.41, 5.74) is 0. The molecule has 0 radical (unpaired) electrons. The number of hydrogen-bond donors (Lipinski definition) is 3. The number of phosphoric ester groups is 2. The van der Waals surface area contributed by atoms with Crippen molar-refractivity contribution >= 4 is 39.5 Å². The van der Waals surface area contributed by atoms with E-state index in [2.05, 4.69) is 48.5 Å². The van der Waals surface area contributed by atoms with Gasteiger partial charge in [-0.2, -0.15) is 0 Å². The van der Waals surface area contributed by atoms with Crippen LogP contribution in [0.2, 0.25) is 0 Å². The number of hydrogen-bond acceptors (Lipinski definition) is 15. The fraction of sp³-hybridized carbons (Fsp3) is 0.950. The van der Waals surface area contributed by atoms with E-state index in [-0.39, 0.29) is 25.7 Å². The Labute approximate surface area is 607 Å². The number of ether oxygens (including phenoxy) is 4. The molecule has 0 aromatic heterocycles. The Kier molecular flexibility index (Phi) is 69.0. The first-order chi connectivity index (χ1) is 47.8. The van der Waals surface area contributed by atoms with Gasteiger partial charge in [0.15, 0.2) is 12.2 Å². The lowest BCUT2D eigenvalue weighted by Crippen LogP contribution is -2.30. The summed E-state index contributed by atoms with van der Waals surface area (Å²) < 4.78 is 68.7. The molecule has 0 amide bonds. The first-order valence-corrected chi connectivity index (χ1v) is 44.4. The number of carbonyl (C=O) groups excluding carboxylic acids is 4. The lowest BCUT2D eigenvalue weighted by Gasteiger charge is -2.21. The van der Waals surface area contributed by atoms with Gasteiger partial charge in [0.25, 0.3) is 0 Å². The molecule has 0 saturated heterocycles. The van der Waals surface area contributed by atoms with Crippen molar-refractivity contribution in [1.29, 1.82) is 0 Å². The van der Waals surface area contributed by atoms with E-state index in [1.165, 1.54) is 225 Å². The Morgan fingerprint density at radius 1 is 0.293 bits per heavy atom. The van der Waals surface area contributed by atoms with Crippen LogP contribution in [0.4, 0.5) is 0 Å². The second-order valence-corrected chi connectivity index (χ2v) is 32.9. The Balaban J connectivity index is 5.26. The van der Waals surface area contributed by atoms with E-state index in [1.54, 1.807) is 0 Å². The van der Waals surface area contributed by atoms with Gasteiger partial charge in [0.1, 0.15) is 19.3 Å². The van der Waals surface area contributed by atoms with Crippen molar-refractivity contribution < 1.29 is 80.2 Å². The molecule has 17 nitrogen and oxygen atoms in total. The molecule has 0 aromatic rings. The van der Waals surface area contributed by atoms with Gasteiger partial charge in [0.05, 0.1) is 26.4 Å². The lowest BCUT2D eigenvalue weighted by molar-refractivity contribution is -0.161. The van der Waals surface area contributed by atoms with Gasteiger partial charge < -0.3 is 33.8 Å². The van der Waals surface area contributed by atoms with E-state index >= 15 is 0 Å². The van der Waals surface area contributed by atoms with Crippen molar-refractivity contribution in [2.75, 3.05) is 39.6 Å². The molecule has 3 N–H and O–H groups in total. The zero-order valence-corrected chi connectivity index (χ0v) is 66.8. The van der Waals surface area contributed by atoms with Crippen molar-refractivity contribution in [1.82, 2.24) is 0 Å². The van der Waals surface area contributed by atoms with Crippen LogP contribution in [0.1, 0.15) is 414 Å². The number of phosphoric acid groups is 2. The minimum absolute atomic E-state index is 0.106. The fourth-order valence-corrected chi connectivity index (χ4v) is 13.9. The topological polar surface area (TPSA) is 237 Å². The minimum Gasteiger partial charge on any atom is -0.462 e. The summed E-state index contributed by atoms with van der Waals surface area (Å²) in [4.78, 5) is 73.0. The van der Waals surface area contributed by atoms with Crippen molar-refractivity contribution in [3.05, 3.63) is 0 Å². The lowest BCUT2D eigenvalue weighted by atomic mass is 9.99.